The van der Waals surface area contributed by atoms with Crippen molar-refractivity contribution in [1.82, 2.24) is 29.5 Å². The number of aromatic hydroxyl groups is 1. The maximum Gasteiger partial charge on any atom is 0.318 e. The Labute approximate surface area is 281 Å². The molecule has 2 aromatic heterocycles. The van der Waals surface area contributed by atoms with Gasteiger partial charge >= 0.3 is 6.01 Å². The van der Waals surface area contributed by atoms with Crippen LogP contribution < -0.4 is 14.5 Å². The minimum Gasteiger partial charge on any atom is -0.508 e. The van der Waals surface area contributed by atoms with Gasteiger partial charge < -0.3 is 24.5 Å². The summed E-state index contributed by atoms with van der Waals surface area (Å²) in [7, 11) is 3.37. The van der Waals surface area contributed by atoms with Gasteiger partial charge in [0.2, 0.25) is 0 Å². The Morgan fingerprint density at radius 1 is 1.16 bits per heavy atom. The SMILES string of the molecule is CCc1c(F)ccc2cc(O)cc(N3Cc4nc(OCC56CCCN5CC(F)C6)nc(N5CCn6ncc(C(=O)N(C)C)c6C5)c4C3=O)c12. The lowest BCUT2D eigenvalue weighted by Crippen LogP contribution is -2.43. The number of carbonyl (C=O) groups excluding carboxylic acids is 2. The Kier molecular flexibility index (Phi) is 7.46. The molecule has 0 aliphatic carbocycles. The molecule has 0 radical (unpaired) electrons. The summed E-state index contributed by atoms with van der Waals surface area (Å²) < 4.78 is 37.8. The second-order valence-corrected chi connectivity index (χ2v) is 13.7. The zero-order valence-electron chi connectivity index (χ0n) is 27.7. The molecular formula is C35H38F2N8O4. The van der Waals surface area contributed by atoms with Gasteiger partial charge in [-0.15, -0.1) is 0 Å². The van der Waals surface area contributed by atoms with Crippen LogP contribution >= 0.6 is 0 Å². The largest absolute Gasteiger partial charge is 0.508 e. The number of fused-ring (bicyclic) bond motifs is 4. The first-order chi connectivity index (χ1) is 23.6. The number of halogens is 2. The molecule has 2 saturated heterocycles. The van der Waals surface area contributed by atoms with E-state index in [9.17, 15) is 19.1 Å². The van der Waals surface area contributed by atoms with Gasteiger partial charge in [0.15, 0.2) is 0 Å². The Hall–Kier alpha value is -4.85. The number of aryl methyl sites for hydroxylation is 1. The predicted molar refractivity (Wildman–Crippen MR) is 177 cm³/mol. The van der Waals surface area contributed by atoms with Crippen molar-refractivity contribution in [2.75, 3.05) is 50.1 Å². The molecular weight excluding hydrogens is 634 g/mol. The van der Waals surface area contributed by atoms with Crippen molar-refractivity contribution in [3.8, 4) is 11.8 Å². The summed E-state index contributed by atoms with van der Waals surface area (Å²) >= 11 is 0. The number of ether oxygens (including phenoxy) is 1. The van der Waals surface area contributed by atoms with Crippen LogP contribution in [0.15, 0.2) is 30.5 Å². The Morgan fingerprint density at radius 3 is 2.80 bits per heavy atom. The van der Waals surface area contributed by atoms with Crippen molar-refractivity contribution in [3.05, 3.63) is 64.4 Å². The van der Waals surface area contributed by atoms with Crippen LogP contribution in [0.25, 0.3) is 10.8 Å². The summed E-state index contributed by atoms with van der Waals surface area (Å²) in [6.45, 7) is 4.46. The van der Waals surface area contributed by atoms with E-state index in [1.807, 2.05) is 11.8 Å². The van der Waals surface area contributed by atoms with Crippen LogP contribution in [0.5, 0.6) is 11.8 Å². The van der Waals surface area contributed by atoms with Crippen LogP contribution in [-0.4, -0.2) is 98.5 Å². The van der Waals surface area contributed by atoms with Gasteiger partial charge in [0, 0.05) is 45.1 Å². The van der Waals surface area contributed by atoms with E-state index in [0.717, 1.165) is 19.4 Å². The standard InChI is InChI=1S/C35H38F2N8O4/c1-4-23-25(37)7-6-20-12-22(46)13-27(29(20)23)44-17-26-30(33(44)48)31(42-10-11-45-28(18-42)24(15-38-45)32(47)41(2)3)40-34(39-26)49-19-35-8-5-9-43(35)16-21(36)14-35/h6-7,12-13,15,21,46H,4-5,8-11,14,16-19H2,1-3H3. The first-order valence-corrected chi connectivity index (χ1v) is 16.8. The molecule has 2 fully saturated rings. The molecule has 2 amide bonds. The zero-order valence-corrected chi connectivity index (χ0v) is 27.7. The predicted octanol–water partition coefficient (Wildman–Crippen LogP) is 4.07. The second-order valence-electron chi connectivity index (χ2n) is 13.7. The fourth-order valence-electron chi connectivity index (χ4n) is 8.18. The van der Waals surface area contributed by atoms with Gasteiger partial charge in [0.05, 0.1) is 54.0 Å². The number of carbonyl (C=O) groups is 2. The van der Waals surface area contributed by atoms with Gasteiger partial charge in [0.1, 0.15) is 35.7 Å². The number of aromatic nitrogens is 4. The van der Waals surface area contributed by atoms with E-state index in [-0.39, 0.29) is 42.9 Å². The van der Waals surface area contributed by atoms with Crippen molar-refractivity contribution in [2.45, 2.75) is 64.0 Å². The van der Waals surface area contributed by atoms with Gasteiger partial charge in [-0.25, -0.2) is 8.78 Å². The van der Waals surface area contributed by atoms with E-state index in [4.69, 9.17) is 14.7 Å². The summed E-state index contributed by atoms with van der Waals surface area (Å²) in [5.41, 5.74) is 2.25. The van der Waals surface area contributed by atoms with Crippen LogP contribution in [0.4, 0.5) is 20.3 Å². The lowest BCUT2D eigenvalue weighted by atomic mass is 9.95. The molecule has 4 aliphatic heterocycles. The molecule has 4 aromatic rings. The number of phenolic OH excluding ortho intramolecular Hbond substituents is 1. The topological polar surface area (TPSA) is 120 Å². The number of benzene rings is 2. The Bertz CT molecular complexity index is 2020. The third-order valence-corrected chi connectivity index (χ3v) is 10.5. The molecule has 0 saturated carbocycles. The molecule has 0 bridgehead atoms. The van der Waals surface area contributed by atoms with E-state index in [2.05, 4.69) is 10.00 Å². The molecule has 6 heterocycles. The van der Waals surface area contributed by atoms with E-state index in [1.165, 1.54) is 21.9 Å². The molecule has 2 aromatic carbocycles. The van der Waals surface area contributed by atoms with E-state index in [0.29, 0.717) is 77.3 Å². The molecule has 8 rings (SSSR count). The highest BCUT2D eigenvalue weighted by atomic mass is 19.1. The van der Waals surface area contributed by atoms with Crippen LogP contribution in [0.1, 0.15) is 63.9 Å². The van der Waals surface area contributed by atoms with Crippen LogP contribution in [-0.2, 0) is 26.1 Å². The lowest BCUT2D eigenvalue weighted by molar-refractivity contribution is 0.0825. The van der Waals surface area contributed by atoms with Crippen LogP contribution in [0, 0.1) is 5.82 Å². The molecule has 14 heteroatoms. The number of nitrogens with zero attached hydrogens (tertiary/aromatic N) is 8. The third-order valence-electron chi connectivity index (χ3n) is 10.5. The summed E-state index contributed by atoms with van der Waals surface area (Å²) in [6, 6.07) is 6.08. The highest BCUT2D eigenvalue weighted by Crippen LogP contribution is 2.43. The number of phenols is 1. The monoisotopic (exact) mass is 672 g/mol. The van der Waals surface area contributed by atoms with Crippen molar-refractivity contribution >= 4 is 34.1 Å². The lowest BCUT2D eigenvalue weighted by Gasteiger charge is -2.32. The van der Waals surface area contributed by atoms with Gasteiger partial charge in [-0.2, -0.15) is 15.1 Å². The summed E-state index contributed by atoms with van der Waals surface area (Å²) in [5, 5.41) is 16.3. The number of amides is 2. The number of rotatable bonds is 7. The molecule has 1 N–H and O–H groups in total. The number of hydrogen-bond acceptors (Lipinski definition) is 9. The fraction of sp³-hybridized carbons (Fsp3) is 0.457. The van der Waals surface area contributed by atoms with Crippen LogP contribution in [0.2, 0.25) is 0 Å². The maximum absolute atomic E-state index is 15.1. The average Bonchev–Trinajstić information content (AvgIpc) is 3.83. The van der Waals surface area contributed by atoms with Crippen molar-refractivity contribution in [1.29, 1.82) is 0 Å². The molecule has 0 spiro atoms. The van der Waals surface area contributed by atoms with Gasteiger partial charge in [-0.05, 0) is 48.9 Å². The Morgan fingerprint density at radius 2 is 2.00 bits per heavy atom. The fourth-order valence-corrected chi connectivity index (χ4v) is 8.18. The number of anilines is 2. The highest BCUT2D eigenvalue weighted by molar-refractivity contribution is 6.16. The zero-order chi connectivity index (χ0) is 34.2. The van der Waals surface area contributed by atoms with E-state index < -0.39 is 23.4 Å². The highest BCUT2D eigenvalue weighted by Gasteiger charge is 2.49. The first kappa shape index (κ1) is 31.4. The quantitative estimate of drug-likeness (QED) is 0.310. The van der Waals surface area contributed by atoms with Crippen molar-refractivity contribution in [3.63, 3.8) is 0 Å². The molecule has 12 nitrogen and oxygen atoms in total. The minimum atomic E-state index is -0.918. The average molecular weight is 673 g/mol. The summed E-state index contributed by atoms with van der Waals surface area (Å²) in [4.78, 5) is 44.2. The first-order valence-electron chi connectivity index (χ1n) is 16.8. The van der Waals surface area contributed by atoms with E-state index >= 15 is 4.39 Å². The summed E-state index contributed by atoms with van der Waals surface area (Å²) in [6.07, 6.45) is 3.19. The molecule has 2 atom stereocenters. The normalized spacial score (nSPS) is 21.7. The second kappa shape index (κ2) is 11.6. The summed E-state index contributed by atoms with van der Waals surface area (Å²) in [5.74, 6) is -0.668. The Balaban J connectivity index is 1.21. The third kappa shape index (κ3) is 5.06. The van der Waals surface area contributed by atoms with Gasteiger partial charge in [-0.1, -0.05) is 13.0 Å². The van der Waals surface area contributed by atoms with Gasteiger partial charge in [0.25, 0.3) is 11.8 Å². The maximum atomic E-state index is 15.1. The molecule has 2 unspecified atom stereocenters. The van der Waals surface area contributed by atoms with Crippen molar-refractivity contribution < 1.29 is 28.2 Å². The molecule has 49 heavy (non-hydrogen) atoms. The smallest absolute Gasteiger partial charge is 0.318 e. The molecule has 256 valence electrons. The van der Waals surface area contributed by atoms with Gasteiger partial charge in [-0.3, -0.25) is 19.2 Å². The minimum absolute atomic E-state index is 0.0399. The van der Waals surface area contributed by atoms with E-state index in [1.54, 1.807) is 37.1 Å². The number of alkyl halides is 1. The van der Waals surface area contributed by atoms with Crippen LogP contribution in [0.3, 0.4) is 0 Å². The number of hydrogen-bond donors (Lipinski definition) is 1. The van der Waals surface area contributed by atoms with Crippen molar-refractivity contribution in [2.24, 2.45) is 0 Å². The molecule has 4 aliphatic rings.